The maximum Gasteiger partial charge on any atom is 0.335 e. The van der Waals surface area contributed by atoms with E-state index in [1.54, 1.807) is 12.1 Å². The Balaban J connectivity index is 2.13. The summed E-state index contributed by atoms with van der Waals surface area (Å²) >= 11 is 0. The molecule has 0 heterocycles. The summed E-state index contributed by atoms with van der Waals surface area (Å²) in [5, 5.41) is 14.6. The lowest BCUT2D eigenvalue weighted by atomic mass is 9.92. The molecule has 2 amide bonds. The van der Waals surface area contributed by atoms with Crippen LogP contribution in [-0.2, 0) is 5.54 Å². The van der Waals surface area contributed by atoms with E-state index in [4.69, 9.17) is 5.11 Å². The Morgan fingerprint density at radius 2 is 1.68 bits per heavy atom. The molecule has 3 N–H and O–H groups in total. The Bertz CT molecular complexity index is 825. The molecule has 2 aromatic rings. The number of carbonyl (C=O) groups excluding carboxylic acids is 1. The summed E-state index contributed by atoms with van der Waals surface area (Å²) in [4.78, 5) is 23.3. The third-order valence-corrected chi connectivity index (χ3v) is 3.87. The molecule has 0 aliphatic rings. The van der Waals surface area contributed by atoms with Crippen LogP contribution in [-0.4, -0.2) is 17.1 Å². The molecule has 0 saturated carbocycles. The number of amides is 2. The van der Waals surface area contributed by atoms with Crippen molar-refractivity contribution < 1.29 is 14.7 Å². The SMILES string of the molecule is C=C(C)c1cccc(C(C)(C)NC(=O)Nc2cccc(C(=O)O)c2)c1. The molecule has 2 aromatic carbocycles. The smallest absolute Gasteiger partial charge is 0.335 e. The van der Waals surface area contributed by atoms with Crippen molar-refractivity contribution in [3.05, 3.63) is 71.8 Å². The fourth-order valence-corrected chi connectivity index (χ4v) is 2.42. The minimum absolute atomic E-state index is 0.117. The van der Waals surface area contributed by atoms with Gasteiger partial charge in [-0.25, -0.2) is 9.59 Å². The Hall–Kier alpha value is -3.08. The van der Waals surface area contributed by atoms with E-state index in [1.807, 2.05) is 45.0 Å². The molecule has 130 valence electrons. The van der Waals surface area contributed by atoms with Crippen molar-refractivity contribution in [2.75, 3.05) is 5.32 Å². The lowest BCUT2D eigenvalue weighted by Crippen LogP contribution is -2.43. The van der Waals surface area contributed by atoms with Crippen LogP contribution in [0.3, 0.4) is 0 Å². The highest BCUT2D eigenvalue weighted by Crippen LogP contribution is 2.23. The van der Waals surface area contributed by atoms with E-state index >= 15 is 0 Å². The number of anilines is 1. The van der Waals surface area contributed by atoms with Gasteiger partial charge < -0.3 is 15.7 Å². The summed E-state index contributed by atoms with van der Waals surface area (Å²) in [6.07, 6.45) is 0. The number of aromatic carboxylic acids is 1. The number of carboxylic acid groups (broad SMARTS) is 1. The van der Waals surface area contributed by atoms with Gasteiger partial charge in [0.1, 0.15) is 0 Å². The van der Waals surface area contributed by atoms with Gasteiger partial charge >= 0.3 is 12.0 Å². The van der Waals surface area contributed by atoms with E-state index in [-0.39, 0.29) is 5.56 Å². The maximum absolute atomic E-state index is 12.3. The Morgan fingerprint density at radius 1 is 1.04 bits per heavy atom. The number of hydrogen-bond donors (Lipinski definition) is 3. The van der Waals surface area contributed by atoms with Crippen molar-refractivity contribution >= 4 is 23.3 Å². The molecule has 0 fully saturated rings. The molecule has 0 saturated heterocycles. The van der Waals surface area contributed by atoms with Crippen LogP contribution in [0.4, 0.5) is 10.5 Å². The second kappa shape index (κ2) is 7.21. The first kappa shape index (κ1) is 18.3. The highest BCUT2D eigenvalue weighted by atomic mass is 16.4. The fraction of sp³-hybridized carbons (Fsp3) is 0.200. The summed E-state index contributed by atoms with van der Waals surface area (Å²) in [5.41, 5.74) is 2.84. The van der Waals surface area contributed by atoms with Crippen molar-refractivity contribution in [2.24, 2.45) is 0 Å². The van der Waals surface area contributed by atoms with E-state index in [0.717, 1.165) is 16.7 Å². The van der Waals surface area contributed by atoms with Gasteiger partial charge in [0.2, 0.25) is 0 Å². The van der Waals surface area contributed by atoms with Crippen molar-refractivity contribution in [1.29, 1.82) is 0 Å². The number of carboxylic acids is 1. The van der Waals surface area contributed by atoms with Gasteiger partial charge in [0, 0.05) is 5.69 Å². The van der Waals surface area contributed by atoms with Gasteiger partial charge in [0.25, 0.3) is 0 Å². The van der Waals surface area contributed by atoms with Gasteiger partial charge in [0.05, 0.1) is 11.1 Å². The van der Waals surface area contributed by atoms with E-state index < -0.39 is 17.5 Å². The molecule has 0 spiro atoms. The van der Waals surface area contributed by atoms with Crippen LogP contribution in [0, 0.1) is 0 Å². The fourth-order valence-electron chi connectivity index (χ4n) is 2.42. The van der Waals surface area contributed by atoms with Gasteiger partial charge in [-0.15, -0.1) is 0 Å². The van der Waals surface area contributed by atoms with Crippen LogP contribution < -0.4 is 10.6 Å². The maximum atomic E-state index is 12.3. The molecular formula is C20H22N2O3. The number of nitrogens with one attached hydrogen (secondary N) is 2. The molecule has 2 rings (SSSR count). The number of benzene rings is 2. The minimum atomic E-state index is -1.04. The largest absolute Gasteiger partial charge is 0.478 e. The first-order chi connectivity index (χ1) is 11.7. The zero-order valence-electron chi connectivity index (χ0n) is 14.6. The zero-order valence-corrected chi connectivity index (χ0v) is 14.6. The van der Waals surface area contributed by atoms with Gasteiger partial charge in [-0.3, -0.25) is 0 Å². The van der Waals surface area contributed by atoms with Crippen molar-refractivity contribution in [3.8, 4) is 0 Å². The first-order valence-electron chi connectivity index (χ1n) is 7.88. The third kappa shape index (κ3) is 4.70. The molecule has 0 aliphatic heterocycles. The summed E-state index contributed by atoms with van der Waals surface area (Å²) < 4.78 is 0. The second-order valence-electron chi connectivity index (χ2n) is 6.45. The van der Waals surface area contributed by atoms with Crippen LogP contribution in [0.2, 0.25) is 0 Å². The summed E-state index contributed by atoms with van der Waals surface area (Å²) in [6.45, 7) is 9.67. The Labute approximate surface area is 147 Å². The predicted octanol–water partition coefficient (Wildman–Crippen LogP) is 4.47. The Kier molecular flexibility index (Phi) is 5.27. The predicted molar refractivity (Wildman–Crippen MR) is 99.7 cm³/mol. The quantitative estimate of drug-likeness (QED) is 0.752. The third-order valence-electron chi connectivity index (χ3n) is 3.87. The normalized spacial score (nSPS) is 10.8. The summed E-state index contributed by atoms with van der Waals surface area (Å²) in [6, 6.07) is 13.5. The molecule has 0 aromatic heterocycles. The molecular weight excluding hydrogens is 316 g/mol. The summed E-state index contributed by atoms with van der Waals surface area (Å²) in [5.74, 6) is -1.04. The zero-order chi connectivity index (χ0) is 18.6. The molecule has 0 bridgehead atoms. The standard InChI is InChI=1S/C20H22N2O3/c1-13(2)14-7-5-9-16(11-14)20(3,4)22-19(25)21-17-10-6-8-15(12-17)18(23)24/h5-12H,1H2,2-4H3,(H,23,24)(H2,21,22,25). The lowest BCUT2D eigenvalue weighted by Gasteiger charge is -2.27. The van der Waals surface area contributed by atoms with Crippen molar-refractivity contribution in [1.82, 2.24) is 5.32 Å². The average molecular weight is 338 g/mol. The Morgan fingerprint density at radius 3 is 2.32 bits per heavy atom. The number of rotatable bonds is 5. The van der Waals surface area contributed by atoms with Crippen LogP contribution in [0.5, 0.6) is 0 Å². The van der Waals surface area contributed by atoms with Crippen LogP contribution in [0.25, 0.3) is 5.57 Å². The highest BCUT2D eigenvalue weighted by Gasteiger charge is 2.23. The molecule has 25 heavy (non-hydrogen) atoms. The van der Waals surface area contributed by atoms with Crippen molar-refractivity contribution in [2.45, 2.75) is 26.3 Å². The molecule has 0 radical (unpaired) electrons. The van der Waals surface area contributed by atoms with Gasteiger partial charge in [-0.1, -0.05) is 36.4 Å². The number of carbonyl (C=O) groups is 2. The average Bonchev–Trinajstić information content (AvgIpc) is 2.54. The first-order valence-corrected chi connectivity index (χ1v) is 7.88. The van der Waals surface area contributed by atoms with Crippen LogP contribution in [0.1, 0.15) is 42.3 Å². The van der Waals surface area contributed by atoms with Crippen LogP contribution in [0.15, 0.2) is 55.1 Å². The number of allylic oxidation sites excluding steroid dienone is 1. The van der Waals surface area contributed by atoms with E-state index in [0.29, 0.717) is 5.69 Å². The molecule has 0 atom stereocenters. The topological polar surface area (TPSA) is 78.4 Å². The number of urea groups is 1. The molecule has 0 aliphatic carbocycles. The van der Waals surface area contributed by atoms with Crippen molar-refractivity contribution in [3.63, 3.8) is 0 Å². The molecule has 5 heteroatoms. The molecule has 0 unspecified atom stereocenters. The second-order valence-corrected chi connectivity index (χ2v) is 6.45. The van der Waals surface area contributed by atoms with Crippen LogP contribution >= 0.6 is 0 Å². The number of hydrogen-bond acceptors (Lipinski definition) is 2. The lowest BCUT2D eigenvalue weighted by molar-refractivity contribution is 0.0697. The van der Waals surface area contributed by atoms with Gasteiger partial charge in [-0.2, -0.15) is 0 Å². The highest BCUT2D eigenvalue weighted by molar-refractivity contribution is 5.93. The van der Waals surface area contributed by atoms with Gasteiger partial charge in [0.15, 0.2) is 0 Å². The van der Waals surface area contributed by atoms with E-state index in [9.17, 15) is 9.59 Å². The van der Waals surface area contributed by atoms with E-state index in [1.165, 1.54) is 12.1 Å². The monoisotopic (exact) mass is 338 g/mol. The minimum Gasteiger partial charge on any atom is -0.478 e. The van der Waals surface area contributed by atoms with E-state index in [2.05, 4.69) is 17.2 Å². The molecule has 5 nitrogen and oxygen atoms in total. The van der Waals surface area contributed by atoms with Gasteiger partial charge in [-0.05, 0) is 56.2 Å². The summed E-state index contributed by atoms with van der Waals surface area (Å²) in [7, 11) is 0.